The second-order valence-corrected chi connectivity index (χ2v) is 5.18. The maximum atomic E-state index is 5.58. The van der Waals surface area contributed by atoms with Crippen molar-refractivity contribution in [1.82, 2.24) is 0 Å². The third-order valence-electron chi connectivity index (χ3n) is 0.562. The van der Waals surface area contributed by atoms with Crippen molar-refractivity contribution >= 4 is 31.9 Å². The monoisotopic (exact) mass is 229 g/mol. The minimum absolute atomic E-state index is 0.167. The zero-order chi connectivity index (χ0) is 6.08. The molecule has 44 valence electrons. The lowest BCUT2D eigenvalue weighted by molar-refractivity contribution is 0.578. The Hall–Kier alpha value is 0.920. The molecule has 2 N–H and O–H groups in total. The highest BCUT2D eigenvalue weighted by Gasteiger charge is 2.17. The highest BCUT2D eigenvalue weighted by atomic mass is 79.9. The van der Waals surface area contributed by atoms with Gasteiger partial charge in [-0.05, 0) is 13.8 Å². The topological polar surface area (TPSA) is 26.0 Å². The molecule has 0 unspecified atom stereocenters. The van der Waals surface area contributed by atoms with Gasteiger partial charge in [-0.25, -0.2) is 0 Å². The van der Waals surface area contributed by atoms with Crippen molar-refractivity contribution in [3.63, 3.8) is 0 Å². The molecule has 0 aromatic heterocycles. The van der Waals surface area contributed by atoms with Crippen molar-refractivity contribution in [2.24, 2.45) is 5.73 Å². The van der Waals surface area contributed by atoms with Gasteiger partial charge >= 0.3 is 0 Å². The number of nitrogens with two attached hydrogens (primary N) is 1. The summed E-state index contributed by atoms with van der Waals surface area (Å²) < 4.78 is 0.201. The summed E-state index contributed by atoms with van der Waals surface area (Å²) in [5.74, 6) is 0. The molecule has 0 rings (SSSR count). The predicted octanol–water partition coefficient (Wildman–Crippen LogP) is 1.84. The lowest BCUT2D eigenvalue weighted by Crippen LogP contribution is -2.38. The molecule has 0 fully saturated rings. The van der Waals surface area contributed by atoms with E-state index in [0.717, 1.165) is 0 Å². The Morgan fingerprint density at radius 2 is 1.57 bits per heavy atom. The highest BCUT2D eigenvalue weighted by molar-refractivity contribution is 9.24. The maximum Gasteiger partial charge on any atom is 0.0871 e. The molecule has 7 heavy (non-hydrogen) atoms. The van der Waals surface area contributed by atoms with E-state index in [1.807, 2.05) is 13.8 Å². The average molecular weight is 231 g/mol. The summed E-state index contributed by atoms with van der Waals surface area (Å²) >= 11 is 6.57. The van der Waals surface area contributed by atoms with Gasteiger partial charge in [-0.2, -0.15) is 0 Å². The van der Waals surface area contributed by atoms with Crippen LogP contribution in [-0.4, -0.2) is 9.28 Å². The van der Waals surface area contributed by atoms with Gasteiger partial charge in [-0.3, -0.25) is 0 Å². The van der Waals surface area contributed by atoms with Crippen LogP contribution in [0.4, 0.5) is 0 Å². The fourth-order valence-corrected chi connectivity index (χ4v) is 0. The van der Waals surface area contributed by atoms with Crippen LogP contribution in [0.1, 0.15) is 13.8 Å². The number of hydrogen-bond donors (Lipinski definition) is 1. The van der Waals surface area contributed by atoms with Crippen molar-refractivity contribution < 1.29 is 0 Å². The predicted molar refractivity (Wildman–Crippen MR) is 39.9 cm³/mol. The van der Waals surface area contributed by atoms with E-state index in [1.54, 1.807) is 0 Å². The molecule has 0 aliphatic carbocycles. The van der Waals surface area contributed by atoms with E-state index in [-0.39, 0.29) is 9.28 Å². The van der Waals surface area contributed by atoms with Crippen molar-refractivity contribution in [2.45, 2.75) is 23.1 Å². The second-order valence-electron chi connectivity index (χ2n) is 2.12. The van der Waals surface area contributed by atoms with Crippen molar-refractivity contribution in [2.75, 3.05) is 0 Å². The van der Waals surface area contributed by atoms with Crippen LogP contribution in [0.15, 0.2) is 0 Å². The zero-order valence-electron chi connectivity index (χ0n) is 4.41. The first kappa shape index (κ1) is 7.92. The Balaban J connectivity index is 3.54. The van der Waals surface area contributed by atoms with Crippen LogP contribution in [0, 0.1) is 0 Å². The normalized spacial score (nSPS) is 12.9. The number of hydrogen-bond acceptors (Lipinski definition) is 1. The summed E-state index contributed by atoms with van der Waals surface area (Å²) in [4.78, 5) is 0. The fourth-order valence-electron chi connectivity index (χ4n) is 0. The molecule has 0 heterocycles. The van der Waals surface area contributed by atoms with Gasteiger partial charge in [0.2, 0.25) is 0 Å². The van der Waals surface area contributed by atoms with Crippen molar-refractivity contribution in [3.05, 3.63) is 0 Å². The molecule has 0 aromatic rings. The fraction of sp³-hybridized carbons (Fsp3) is 1.00. The average Bonchev–Trinajstić information content (AvgIpc) is 1.31. The minimum atomic E-state index is -0.167. The molecule has 0 saturated carbocycles. The van der Waals surface area contributed by atoms with E-state index in [9.17, 15) is 0 Å². The molecule has 0 aromatic carbocycles. The van der Waals surface area contributed by atoms with Crippen LogP contribution >= 0.6 is 31.9 Å². The minimum Gasteiger partial charge on any atom is -0.324 e. The number of alkyl halides is 2. The van der Waals surface area contributed by atoms with Gasteiger partial charge in [-0.1, -0.05) is 31.9 Å². The zero-order valence-corrected chi connectivity index (χ0v) is 7.58. The van der Waals surface area contributed by atoms with Crippen LogP contribution in [0.25, 0.3) is 0 Å². The molecule has 0 aliphatic heterocycles. The quantitative estimate of drug-likeness (QED) is 0.684. The molecule has 0 aliphatic rings. The summed E-state index contributed by atoms with van der Waals surface area (Å²) in [5, 5.41) is 0. The van der Waals surface area contributed by atoms with Gasteiger partial charge in [-0.15, -0.1) is 0 Å². The van der Waals surface area contributed by atoms with Crippen LogP contribution in [0.5, 0.6) is 0 Å². The molecule has 0 bridgehead atoms. The summed E-state index contributed by atoms with van der Waals surface area (Å²) in [6.07, 6.45) is 0. The van der Waals surface area contributed by atoms with Gasteiger partial charge in [0.05, 0.1) is 3.74 Å². The first-order chi connectivity index (χ1) is 2.94. The summed E-state index contributed by atoms with van der Waals surface area (Å²) in [6, 6.07) is 0. The Morgan fingerprint density at radius 1 is 1.43 bits per heavy atom. The van der Waals surface area contributed by atoms with Crippen LogP contribution in [0.2, 0.25) is 0 Å². The molecule has 0 atom stereocenters. The van der Waals surface area contributed by atoms with Crippen LogP contribution in [-0.2, 0) is 0 Å². The van der Waals surface area contributed by atoms with E-state index in [1.165, 1.54) is 0 Å². The second kappa shape index (κ2) is 2.46. The molecule has 1 nitrogen and oxygen atoms in total. The third-order valence-corrected chi connectivity index (χ3v) is 2.92. The Morgan fingerprint density at radius 3 is 1.57 bits per heavy atom. The molecule has 0 spiro atoms. The molecular weight excluding hydrogens is 222 g/mol. The maximum absolute atomic E-state index is 5.58. The number of rotatable bonds is 1. The summed E-state index contributed by atoms with van der Waals surface area (Å²) in [6.45, 7) is 3.89. The van der Waals surface area contributed by atoms with E-state index in [0.29, 0.717) is 0 Å². The first-order valence-corrected chi connectivity index (χ1v) is 3.85. The number of halogens is 2. The molecule has 3 heteroatoms. The molecular formula is C4H9Br2N. The molecule has 0 amide bonds. The summed E-state index contributed by atoms with van der Waals surface area (Å²) in [5.41, 5.74) is 5.42. The van der Waals surface area contributed by atoms with Gasteiger partial charge in [0.25, 0.3) is 0 Å². The smallest absolute Gasteiger partial charge is 0.0871 e. The summed E-state index contributed by atoms with van der Waals surface area (Å²) in [7, 11) is 0. The van der Waals surface area contributed by atoms with Gasteiger partial charge in [0.15, 0.2) is 0 Å². The van der Waals surface area contributed by atoms with Gasteiger partial charge in [0, 0.05) is 5.54 Å². The van der Waals surface area contributed by atoms with Crippen molar-refractivity contribution in [3.8, 4) is 0 Å². The van der Waals surface area contributed by atoms with Crippen molar-refractivity contribution in [1.29, 1.82) is 0 Å². The van der Waals surface area contributed by atoms with Crippen LogP contribution < -0.4 is 5.73 Å². The Labute approximate surface area is 60.9 Å². The lowest BCUT2D eigenvalue weighted by atomic mass is 10.1. The molecule has 0 saturated heterocycles. The third kappa shape index (κ3) is 3.50. The molecule has 0 radical (unpaired) electrons. The largest absolute Gasteiger partial charge is 0.324 e. The van der Waals surface area contributed by atoms with E-state index < -0.39 is 0 Å². The van der Waals surface area contributed by atoms with Crippen LogP contribution in [0.3, 0.4) is 0 Å². The van der Waals surface area contributed by atoms with Gasteiger partial charge < -0.3 is 5.73 Å². The lowest BCUT2D eigenvalue weighted by Gasteiger charge is -2.19. The van der Waals surface area contributed by atoms with Gasteiger partial charge in [0.1, 0.15) is 0 Å². The first-order valence-electron chi connectivity index (χ1n) is 2.01. The van der Waals surface area contributed by atoms with E-state index in [4.69, 9.17) is 5.73 Å². The van der Waals surface area contributed by atoms with E-state index in [2.05, 4.69) is 31.9 Å². The van der Waals surface area contributed by atoms with E-state index >= 15 is 0 Å². The highest BCUT2D eigenvalue weighted by Crippen LogP contribution is 2.19. The SMILES string of the molecule is CC(C)(N)C(Br)Br. The Bertz CT molecular complexity index is 55.2. The standard InChI is InChI=1S/C4H9Br2N/c1-4(2,7)3(5)6/h3H,7H2,1-2H3. The Kier molecular flexibility index (Phi) is 2.79.